The van der Waals surface area contributed by atoms with Gasteiger partial charge in [-0.2, -0.15) is 0 Å². The van der Waals surface area contributed by atoms with Gasteiger partial charge in [0.05, 0.1) is 16.4 Å². The van der Waals surface area contributed by atoms with Crippen LogP contribution in [0.3, 0.4) is 0 Å². The smallest absolute Gasteiger partial charge is 0.250 e. The highest BCUT2D eigenvalue weighted by molar-refractivity contribution is 6.31. The van der Waals surface area contributed by atoms with Gasteiger partial charge in [-0.1, -0.05) is 11.6 Å². The van der Waals surface area contributed by atoms with Crippen molar-refractivity contribution < 1.29 is 13.9 Å². The number of hydrogen-bond acceptors (Lipinski definition) is 3. The van der Waals surface area contributed by atoms with Crippen LogP contribution in [0.2, 0.25) is 5.02 Å². The van der Waals surface area contributed by atoms with Crippen molar-refractivity contribution in [2.45, 2.75) is 18.4 Å². The van der Waals surface area contributed by atoms with E-state index in [4.69, 9.17) is 16.3 Å². The molecule has 96 valence electrons. The second-order valence-corrected chi connectivity index (χ2v) is 4.99. The Hall–Kier alpha value is -1.33. The van der Waals surface area contributed by atoms with Crippen molar-refractivity contribution in [1.29, 1.82) is 0 Å². The van der Waals surface area contributed by atoms with Gasteiger partial charge < -0.3 is 15.4 Å². The molecule has 2 N–H and O–H groups in total. The van der Waals surface area contributed by atoms with Crippen molar-refractivity contribution in [1.82, 2.24) is 0 Å². The zero-order valence-corrected chi connectivity index (χ0v) is 10.3. The number of fused-ring (bicyclic) bond motifs is 1. The number of halogens is 2. The first-order valence-electron chi connectivity index (χ1n) is 5.77. The minimum Gasteiger partial charge on any atom is -0.381 e. The van der Waals surface area contributed by atoms with Crippen molar-refractivity contribution in [2.24, 2.45) is 0 Å². The Balaban J connectivity index is 2.00. The van der Waals surface area contributed by atoms with Crippen molar-refractivity contribution in [3.8, 4) is 0 Å². The van der Waals surface area contributed by atoms with Crippen LogP contribution in [0, 0.1) is 5.82 Å². The number of carbonyl (C=O) groups excluding carboxylic acids is 1. The van der Waals surface area contributed by atoms with Crippen LogP contribution in [0.15, 0.2) is 12.1 Å². The fourth-order valence-electron chi connectivity index (χ4n) is 2.38. The Morgan fingerprint density at radius 3 is 2.72 bits per heavy atom. The molecule has 2 aliphatic rings. The van der Waals surface area contributed by atoms with Crippen LogP contribution in [0.25, 0.3) is 0 Å². The number of amides is 1. The topological polar surface area (TPSA) is 50.4 Å². The Kier molecular flexibility index (Phi) is 2.68. The maximum atomic E-state index is 13.5. The van der Waals surface area contributed by atoms with E-state index in [1.807, 2.05) is 0 Å². The molecule has 0 atom stereocenters. The van der Waals surface area contributed by atoms with Crippen LogP contribution in [-0.4, -0.2) is 24.7 Å². The third-order valence-corrected chi connectivity index (χ3v) is 3.75. The van der Waals surface area contributed by atoms with E-state index >= 15 is 0 Å². The van der Waals surface area contributed by atoms with E-state index in [2.05, 4.69) is 10.6 Å². The maximum absolute atomic E-state index is 13.5. The molecular weight excluding hydrogens is 259 g/mol. The lowest BCUT2D eigenvalue weighted by molar-refractivity contribution is -0.123. The van der Waals surface area contributed by atoms with E-state index in [-0.39, 0.29) is 10.9 Å². The quantitative estimate of drug-likeness (QED) is 0.761. The number of rotatable bonds is 0. The molecule has 1 aromatic rings. The number of nitrogens with one attached hydrogen (secondary N) is 2. The van der Waals surface area contributed by atoms with E-state index in [9.17, 15) is 9.18 Å². The SMILES string of the molecule is O=C1Nc2cc(Cl)c(F)cc2NC12CCOCC2. The van der Waals surface area contributed by atoms with Crippen LogP contribution < -0.4 is 10.6 Å². The molecule has 0 aromatic heterocycles. The largest absolute Gasteiger partial charge is 0.381 e. The van der Waals surface area contributed by atoms with Crippen LogP contribution in [-0.2, 0) is 9.53 Å². The van der Waals surface area contributed by atoms with Crippen LogP contribution in [0.5, 0.6) is 0 Å². The number of anilines is 2. The lowest BCUT2D eigenvalue weighted by atomic mass is 9.86. The molecule has 1 spiro atoms. The van der Waals surface area contributed by atoms with Gasteiger partial charge in [0, 0.05) is 32.1 Å². The molecule has 0 aliphatic carbocycles. The van der Waals surface area contributed by atoms with Gasteiger partial charge in [-0.05, 0) is 6.07 Å². The molecule has 1 fully saturated rings. The van der Waals surface area contributed by atoms with Gasteiger partial charge in [-0.15, -0.1) is 0 Å². The summed E-state index contributed by atoms with van der Waals surface area (Å²) in [6.07, 6.45) is 1.14. The first-order valence-corrected chi connectivity index (χ1v) is 6.15. The number of benzene rings is 1. The predicted octanol–water partition coefficient (Wildman–Crippen LogP) is 2.39. The Labute approximate surface area is 108 Å². The van der Waals surface area contributed by atoms with E-state index in [1.165, 1.54) is 12.1 Å². The lowest BCUT2D eigenvalue weighted by Gasteiger charge is -2.41. The monoisotopic (exact) mass is 270 g/mol. The van der Waals surface area contributed by atoms with E-state index < -0.39 is 11.4 Å². The molecule has 0 saturated carbocycles. The summed E-state index contributed by atoms with van der Waals surface area (Å²) >= 11 is 5.70. The molecule has 0 radical (unpaired) electrons. The van der Waals surface area contributed by atoms with Gasteiger partial charge in [0.25, 0.3) is 0 Å². The van der Waals surface area contributed by atoms with Gasteiger partial charge >= 0.3 is 0 Å². The van der Waals surface area contributed by atoms with Crippen LogP contribution >= 0.6 is 11.6 Å². The minimum absolute atomic E-state index is 0.00113. The summed E-state index contributed by atoms with van der Waals surface area (Å²) in [4.78, 5) is 12.2. The highest BCUT2D eigenvalue weighted by Gasteiger charge is 2.43. The minimum atomic E-state index is -0.689. The third-order valence-electron chi connectivity index (χ3n) is 3.46. The van der Waals surface area contributed by atoms with Gasteiger partial charge in [-0.3, -0.25) is 4.79 Å². The van der Waals surface area contributed by atoms with Crippen LogP contribution in [0.1, 0.15) is 12.8 Å². The van der Waals surface area contributed by atoms with E-state index in [0.29, 0.717) is 37.4 Å². The second kappa shape index (κ2) is 4.10. The molecule has 1 amide bonds. The van der Waals surface area contributed by atoms with Crippen molar-refractivity contribution in [3.63, 3.8) is 0 Å². The van der Waals surface area contributed by atoms with Gasteiger partial charge in [0.15, 0.2) is 0 Å². The van der Waals surface area contributed by atoms with Gasteiger partial charge in [-0.25, -0.2) is 4.39 Å². The molecule has 6 heteroatoms. The van der Waals surface area contributed by atoms with E-state index in [1.54, 1.807) is 0 Å². The summed E-state index contributed by atoms with van der Waals surface area (Å²) in [7, 11) is 0. The summed E-state index contributed by atoms with van der Waals surface area (Å²) in [6.45, 7) is 1.04. The second-order valence-electron chi connectivity index (χ2n) is 4.59. The highest BCUT2D eigenvalue weighted by atomic mass is 35.5. The summed E-state index contributed by atoms with van der Waals surface area (Å²) in [6, 6.07) is 2.73. The Morgan fingerprint density at radius 1 is 1.28 bits per heavy atom. The van der Waals surface area contributed by atoms with Crippen molar-refractivity contribution >= 4 is 28.9 Å². The molecule has 4 nitrogen and oxygen atoms in total. The third kappa shape index (κ3) is 1.74. The zero-order valence-electron chi connectivity index (χ0n) is 9.56. The molecular formula is C12H12ClFN2O2. The van der Waals surface area contributed by atoms with Gasteiger partial charge in [0.2, 0.25) is 5.91 Å². The summed E-state index contributed by atoms with van der Waals surface area (Å²) in [5.74, 6) is -0.609. The molecule has 1 aromatic carbocycles. The maximum Gasteiger partial charge on any atom is 0.250 e. The summed E-state index contributed by atoms with van der Waals surface area (Å²) in [5.41, 5.74) is 0.396. The zero-order chi connectivity index (χ0) is 12.8. The molecule has 2 aliphatic heterocycles. The van der Waals surface area contributed by atoms with E-state index in [0.717, 1.165) is 0 Å². The Morgan fingerprint density at radius 2 is 2.00 bits per heavy atom. The summed E-state index contributed by atoms with van der Waals surface area (Å²) in [5, 5.41) is 5.92. The lowest BCUT2D eigenvalue weighted by Crippen LogP contribution is -2.55. The van der Waals surface area contributed by atoms with Crippen molar-refractivity contribution in [3.05, 3.63) is 23.0 Å². The number of ether oxygens (including phenoxy) is 1. The number of hydrogen-bond donors (Lipinski definition) is 2. The highest BCUT2D eigenvalue weighted by Crippen LogP contribution is 2.38. The van der Waals surface area contributed by atoms with Crippen LogP contribution in [0.4, 0.5) is 15.8 Å². The fourth-order valence-corrected chi connectivity index (χ4v) is 2.55. The normalized spacial score (nSPS) is 21.1. The average molecular weight is 271 g/mol. The molecule has 0 unspecified atom stereocenters. The molecule has 1 saturated heterocycles. The van der Waals surface area contributed by atoms with Gasteiger partial charge in [0.1, 0.15) is 11.4 Å². The molecule has 3 rings (SSSR count). The summed E-state index contributed by atoms with van der Waals surface area (Å²) < 4.78 is 18.7. The first kappa shape index (κ1) is 11.7. The molecule has 18 heavy (non-hydrogen) atoms. The van der Waals surface area contributed by atoms with Crippen molar-refractivity contribution in [2.75, 3.05) is 23.8 Å². The number of carbonyl (C=O) groups is 1. The Bertz CT molecular complexity index is 515. The fraction of sp³-hybridized carbons (Fsp3) is 0.417. The predicted molar refractivity (Wildman–Crippen MR) is 66.4 cm³/mol. The molecule has 0 bridgehead atoms. The molecule has 2 heterocycles. The average Bonchev–Trinajstić information content (AvgIpc) is 2.35. The standard InChI is InChI=1S/C12H12ClFN2O2/c13-7-5-9-10(6-8(7)14)16-12(11(17)15-9)1-3-18-4-2-12/h5-6,16H,1-4H2,(H,15,17). The first-order chi connectivity index (χ1) is 8.61.